The fraction of sp³-hybridized carbons (Fsp3) is 0.529. The number of hydrogen-bond donors (Lipinski definition) is 2. The van der Waals surface area contributed by atoms with Gasteiger partial charge in [0.2, 0.25) is 5.91 Å². The lowest BCUT2D eigenvalue weighted by atomic mass is 10.0. The van der Waals surface area contributed by atoms with Crippen LogP contribution < -0.4 is 5.32 Å². The molecule has 3 unspecified atom stereocenters. The minimum absolute atomic E-state index is 0.0885. The van der Waals surface area contributed by atoms with Gasteiger partial charge in [0.25, 0.3) is 0 Å². The van der Waals surface area contributed by atoms with Crippen LogP contribution >= 0.6 is 0 Å². The molecule has 2 rings (SSSR count). The second-order valence-corrected chi connectivity index (χ2v) is 6.22. The molecule has 0 bridgehead atoms. The van der Waals surface area contributed by atoms with Crippen LogP contribution in [0.15, 0.2) is 24.3 Å². The highest BCUT2D eigenvalue weighted by atomic mass is 19.1. The van der Waals surface area contributed by atoms with Gasteiger partial charge in [-0.15, -0.1) is 5.10 Å². The van der Waals surface area contributed by atoms with E-state index in [2.05, 4.69) is 20.8 Å². The van der Waals surface area contributed by atoms with Crippen molar-refractivity contribution >= 4 is 5.91 Å². The van der Waals surface area contributed by atoms with Crippen molar-refractivity contribution < 1.29 is 14.3 Å². The van der Waals surface area contributed by atoms with Crippen LogP contribution in [0.3, 0.4) is 0 Å². The van der Waals surface area contributed by atoms with Crippen LogP contribution in [-0.2, 0) is 11.2 Å². The van der Waals surface area contributed by atoms with Crippen molar-refractivity contribution in [3.8, 4) is 0 Å². The van der Waals surface area contributed by atoms with E-state index < -0.39 is 12.1 Å². The van der Waals surface area contributed by atoms with Crippen molar-refractivity contribution in [1.82, 2.24) is 25.5 Å². The van der Waals surface area contributed by atoms with Crippen LogP contribution in [0.25, 0.3) is 0 Å². The number of aliphatic hydroxyl groups is 1. The maximum absolute atomic E-state index is 13.1. The first kappa shape index (κ1) is 19.0. The summed E-state index contributed by atoms with van der Waals surface area (Å²) in [6, 6.07) is 5.28. The molecule has 8 heteroatoms. The fourth-order valence-corrected chi connectivity index (χ4v) is 2.46. The number of benzene rings is 1. The Labute approximate surface area is 146 Å². The van der Waals surface area contributed by atoms with E-state index in [0.29, 0.717) is 12.2 Å². The monoisotopic (exact) mass is 349 g/mol. The van der Waals surface area contributed by atoms with Gasteiger partial charge < -0.3 is 10.4 Å². The largest absolute Gasteiger partial charge is 0.391 e. The van der Waals surface area contributed by atoms with Gasteiger partial charge in [0, 0.05) is 13.0 Å². The van der Waals surface area contributed by atoms with Crippen LogP contribution in [0.2, 0.25) is 0 Å². The van der Waals surface area contributed by atoms with E-state index >= 15 is 0 Å². The van der Waals surface area contributed by atoms with Crippen LogP contribution in [0, 0.1) is 18.7 Å². The summed E-state index contributed by atoms with van der Waals surface area (Å²) >= 11 is 0. The third kappa shape index (κ3) is 5.06. The molecule has 0 aliphatic rings. The Morgan fingerprint density at radius 2 is 2.04 bits per heavy atom. The lowest BCUT2D eigenvalue weighted by Gasteiger charge is -2.21. The van der Waals surface area contributed by atoms with Crippen molar-refractivity contribution in [3.63, 3.8) is 0 Å². The molecule has 0 spiro atoms. The van der Waals surface area contributed by atoms with Crippen molar-refractivity contribution in [3.05, 3.63) is 41.5 Å². The average molecular weight is 349 g/mol. The number of halogens is 1. The highest BCUT2D eigenvalue weighted by Crippen LogP contribution is 2.16. The standard InChI is InChI=1S/C17H24FN5O2/c1-4-11(2)16(24)10-19-17(25)15(23-12(3)20-21-22-23)9-13-5-7-14(18)8-6-13/h5-8,11,15-16,24H,4,9-10H2,1-3H3,(H,19,25). The normalized spacial score (nSPS) is 14.8. The van der Waals surface area contributed by atoms with Gasteiger partial charge in [0.05, 0.1) is 6.10 Å². The highest BCUT2D eigenvalue weighted by Gasteiger charge is 2.25. The minimum Gasteiger partial charge on any atom is -0.391 e. The van der Waals surface area contributed by atoms with E-state index in [-0.39, 0.29) is 24.2 Å². The molecular weight excluding hydrogens is 325 g/mol. The number of amides is 1. The second kappa shape index (κ2) is 8.66. The number of nitrogens with zero attached hydrogens (tertiary/aromatic N) is 4. The molecule has 0 fully saturated rings. The predicted molar refractivity (Wildman–Crippen MR) is 90.2 cm³/mol. The van der Waals surface area contributed by atoms with Crippen molar-refractivity contribution in [1.29, 1.82) is 0 Å². The number of nitrogens with one attached hydrogen (secondary N) is 1. The highest BCUT2D eigenvalue weighted by molar-refractivity contribution is 5.80. The predicted octanol–water partition coefficient (Wildman–Crippen LogP) is 1.43. The fourth-order valence-electron chi connectivity index (χ4n) is 2.46. The number of tetrazole rings is 1. The lowest BCUT2D eigenvalue weighted by molar-refractivity contribution is -0.125. The number of carbonyl (C=O) groups excluding carboxylic acids is 1. The third-order valence-electron chi connectivity index (χ3n) is 4.38. The van der Waals surface area contributed by atoms with E-state index in [1.165, 1.54) is 16.8 Å². The van der Waals surface area contributed by atoms with Crippen LogP contribution in [0.1, 0.15) is 37.7 Å². The van der Waals surface area contributed by atoms with E-state index in [1.54, 1.807) is 19.1 Å². The van der Waals surface area contributed by atoms with E-state index in [0.717, 1.165) is 12.0 Å². The molecule has 1 amide bonds. The molecule has 3 atom stereocenters. The molecule has 0 saturated heterocycles. The average Bonchev–Trinajstić information content (AvgIpc) is 3.03. The van der Waals surface area contributed by atoms with Gasteiger partial charge in [-0.2, -0.15) is 0 Å². The summed E-state index contributed by atoms with van der Waals surface area (Å²) in [7, 11) is 0. The number of aryl methyl sites for hydroxylation is 1. The third-order valence-corrected chi connectivity index (χ3v) is 4.38. The molecule has 0 aliphatic heterocycles. The first-order valence-electron chi connectivity index (χ1n) is 8.37. The zero-order valence-electron chi connectivity index (χ0n) is 14.7. The second-order valence-electron chi connectivity index (χ2n) is 6.22. The van der Waals surface area contributed by atoms with Crippen LogP contribution in [-0.4, -0.2) is 43.9 Å². The molecule has 0 radical (unpaired) electrons. The van der Waals surface area contributed by atoms with Gasteiger partial charge in [-0.3, -0.25) is 4.79 Å². The number of aromatic nitrogens is 4. The first-order chi connectivity index (χ1) is 11.9. The number of carbonyl (C=O) groups is 1. The topological polar surface area (TPSA) is 92.9 Å². The molecule has 1 aromatic heterocycles. The first-order valence-corrected chi connectivity index (χ1v) is 8.37. The molecule has 1 heterocycles. The quantitative estimate of drug-likeness (QED) is 0.752. The molecule has 2 aromatic rings. The lowest BCUT2D eigenvalue weighted by Crippen LogP contribution is -2.40. The zero-order valence-corrected chi connectivity index (χ0v) is 14.7. The molecule has 0 aliphatic carbocycles. The number of rotatable bonds is 8. The van der Waals surface area contributed by atoms with Crippen molar-refractivity contribution in [2.45, 2.75) is 45.8 Å². The Morgan fingerprint density at radius 3 is 2.60 bits per heavy atom. The summed E-state index contributed by atoms with van der Waals surface area (Å²) in [6.45, 7) is 5.78. The smallest absolute Gasteiger partial charge is 0.245 e. The summed E-state index contributed by atoms with van der Waals surface area (Å²) in [5.74, 6) is -0.0301. The van der Waals surface area contributed by atoms with E-state index in [1.807, 2.05) is 13.8 Å². The molecule has 136 valence electrons. The number of aliphatic hydroxyl groups excluding tert-OH is 1. The van der Waals surface area contributed by atoms with E-state index in [4.69, 9.17) is 0 Å². The minimum atomic E-state index is -0.676. The molecule has 7 nitrogen and oxygen atoms in total. The number of hydrogen-bond acceptors (Lipinski definition) is 5. The van der Waals surface area contributed by atoms with Gasteiger partial charge in [0.15, 0.2) is 0 Å². The molecular formula is C17H24FN5O2. The van der Waals surface area contributed by atoms with Gasteiger partial charge in [-0.05, 0) is 41.0 Å². The summed E-state index contributed by atoms with van der Waals surface area (Å²) in [5, 5.41) is 24.1. The molecule has 25 heavy (non-hydrogen) atoms. The molecule has 0 saturated carbocycles. The van der Waals surface area contributed by atoms with Crippen LogP contribution in [0.4, 0.5) is 4.39 Å². The maximum Gasteiger partial charge on any atom is 0.245 e. The van der Waals surface area contributed by atoms with E-state index in [9.17, 15) is 14.3 Å². The SMILES string of the molecule is CCC(C)C(O)CNC(=O)C(Cc1ccc(F)cc1)n1nnnc1C. The summed E-state index contributed by atoms with van der Waals surface area (Å²) in [5.41, 5.74) is 0.791. The molecule has 2 N–H and O–H groups in total. The van der Waals surface area contributed by atoms with Gasteiger partial charge >= 0.3 is 0 Å². The van der Waals surface area contributed by atoms with Crippen molar-refractivity contribution in [2.24, 2.45) is 5.92 Å². The summed E-state index contributed by atoms with van der Waals surface area (Å²) < 4.78 is 14.5. The Morgan fingerprint density at radius 1 is 1.36 bits per heavy atom. The van der Waals surface area contributed by atoms with Gasteiger partial charge in [-0.25, -0.2) is 9.07 Å². The summed E-state index contributed by atoms with van der Waals surface area (Å²) in [4.78, 5) is 12.7. The Balaban J connectivity index is 2.13. The van der Waals surface area contributed by atoms with Gasteiger partial charge in [0.1, 0.15) is 17.7 Å². The Kier molecular flexibility index (Phi) is 6.58. The van der Waals surface area contributed by atoms with Gasteiger partial charge in [-0.1, -0.05) is 32.4 Å². The van der Waals surface area contributed by atoms with Crippen LogP contribution in [0.5, 0.6) is 0 Å². The summed E-state index contributed by atoms with van der Waals surface area (Å²) in [6.07, 6.45) is 0.523. The zero-order chi connectivity index (χ0) is 18.4. The Bertz CT molecular complexity index is 689. The van der Waals surface area contributed by atoms with Crippen molar-refractivity contribution in [2.75, 3.05) is 6.54 Å². The Hall–Kier alpha value is -2.35. The maximum atomic E-state index is 13.1. The molecule has 1 aromatic carbocycles.